The molecule has 1 aromatic heterocycles. The molecule has 0 bridgehead atoms. The van der Waals surface area contributed by atoms with Gasteiger partial charge in [0.1, 0.15) is 0 Å². The summed E-state index contributed by atoms with van der Waals surface area (Å²) in [6.07, 6.45) is 0. The second kappa shape index (κ2) is 7.29. The average Bonchev–Trinajstić information content (AvgIpc) is 3.08. The number of nitrogens with one attached hydrogen (secondary N) is 1. The number of aryl methyl sites for hydroxylation is 1. The zero-order valence-corrected chi connectivity index (χ0v) is 14.5. The van der Waals surface area contributed by atoms with Crippen LogP contribution in [0, 0.1) is 18.3 Å². The van der Waals surface area contributed by atoms with Gasteiger partial charge in [-0.15, -0.1) is 10.2 Å². The van der Waals surface area contributed by atoms with Gasteiger partial charge in [0.2, 0.25) is 11.8 Å². The lowest BCUT2D eigenvalue weighted by molar-refractivity contribution is 0.380. The largest absolute Gasteiger partial charge is 0.424 e. The maximum Gasteiger partial charge on any atom is 0.233 e. The third-order valence-electron chi connectivity index (χ3n) is 4.15. The first-order chi connectivity index (χ1) is 12.1. The summed E-state index contributed by atoms with van der Waals surface area (Å²) in [6.45, 7) is 5.89. The van der Waals surface area contributed by atoms with Crippen molar-refractivity contribution in [3.8, 4) is 17.2 Å². The van der Waals surface area contributed by atoms with E-state index in [0.29, 0.717) is 17.3 Å². The van der Waals surface area contributed by atoms with E-state index in [1.165, 1.54) is 5.56 Å². The van der Waals surface area contributed by atoms with E-state index in [9.17, 15) is 0 Å². The van der Waals surface area contributed by atoms with Gasteiger partial charge in [0, 0.05) is 13.0 Å². The monoisotopic (exact) mass is 332 g/mol. The molecule has 5 nitrogen and oxygen atoms in total. The summed E-state index contributed by atoms with van der Waals surface area (Å²) < 4.78 is 5.47. The van der Waals surface area contributed by atoms with Gasteiger partial charge in [-0.2, -0.15) is 5.26 Å². The molecule has 1 heterocycles. The van der Waals surface area contributed by atoms with Gasteiger partial charge in [0.25, 0.3) is 0 Å². The minimum absolute atomic E-state index is 0.0248. The zero-order valence-electron chi connectivity index (χ0n) is 14.5. The van der Waals surface area contributed by atoms with Crippen LogP contribution in [0.5, 0.6) is 0 Å². The van der Waals surface area contributed by atoms with Gasteiger partial charge in [-0.25, -0.2) is 0 Å². The fourth-order valence-corrected chi connectivity index (χ4v) is 2.76. The first kappa shape index (κ1) is 16.9. The Balaban J connectivity index is 1.72. The molecule has 0 fully saturated rings. The van der Waals surface area contributed by atoms with Crippen molar-refractivity contribution in [1.29, 1.82) is 5.26 Å². The zero-order chi connectivity index (χ0) is 17.8. The SMILES string of the molecule is Cc1nnc(C(C)NC(C)c2ccc(-c3cccc(C#N)c3)cc2)o1. The van der Waals surface area contributed by atoms with Crippen LogP contribution in [0.2, 0.25) is 0 Å². The molecule has 0 radical (unpaired) electrons. The van der Waals surface area contributed by atoms with Crippen molar-refractivity contribution in [2.24, 2.45) is 0 Å². The van der Waals surface area contributed by atoms with E-state index in [1.807, 2.05) is 31.2 Å². The Kier molecular flexibility index (Phi) is 4.92. The molecule has 0 spiro atoms. The minimum atomic E-state index is -0.0248. The molecule has 0 saturated heterocycles. The molecule has 3 rings (SSSR count). The average molecular weight is 332 g/mol. The van der Waals surface area contributed by atoms with Crippen LogP contribution in [0.15, 0.2) is 52.9 Å². The number of hydrogen-bond donors (Lipinski definition) is 1. The molecule has 2 aromatic carbocycles. The van der Waals surface area contributed by atoms with Gasteiger partial charge in [-0.1, -0.05) is 36.4 Å². The summed E-state index contributed by atoms with van der Waals surface area (Å²) in [6, 6.07) is 18.3. The van der Waals surface area contributed by atoms with Crippen molar-refractivity contribution in [3.63, 3.8) is 0 Å². The predicted molar refractivity (Wildman–Crippen MR) is 95.6 cm³/mol. The summed E-state index contributed by atoms with van der Waals surface area (Å²) in [7, 11) is 0. The van der Waals surface area contributed by atoms with Crippen LogP contribution in [-0.4, -0.2) is 10.2 Å². The molecule has 126 valence electrons. The lowest BCUT2D eigenvalue weighted by Crippen LogP contribution is -2.22. The van der Waals surface area contributed by atoms with E-state index in [4.69, 9.17) is 9.68 Å². The summed E-state index contributed by atoms with van der Waals surface area (Å²) in [5.41, 5.74) is 3.97. The van der Waals surface area contributed by atoms with Crippen molar-refractivity contribution < 1.29 is 4.42 Å². The van der Waals surface area contributed by atoms with Crippen molar-refractivity contribution in [2.45, 2.75) is 32.9 Å². The summed E-state index contributed by atoms with van der Waals surface area (Å²) in [4.78, 5) is 0. The number of benzene rings is 2. The Morgan fingerprint density at radius 1 is 1.00 bits per heavy atom. The fraction of sp³-hybridized carbons (Fsp3) is 0.250. The summed E-state index contributed by atoms with van der Waals surface area (Å²) >= 11 is 0. The van der Waals surface area contributed by atoms with Crippen molar-refractivity contribution in [3.05, 3.63) is 71.4 Å². The highest BCUT2D eigenvalue weighted by Crippen LogP contribution is 2.24. The number of rotatable bonds is 5. The second-order valence-electron chi connectivity index (χ2n) is 6.08. The molecular formula is C20H20N4O. The van der Waals surface area contributed by atoms with Crippen LogP contribution in [0.3, 0.4) is 0 Å². The molecule has 0 aliphatic carbocycles. The molecular weight excluding hydrogens is 312 g/mol. The Bertz CT molecular complexity index is 893. The molecule has 0 aliphatic heterocycles. The highest BCUT2D eigenvalue weighted by atomic mass is 16.4. The Hall–Kier alpha value is -2.97. The molecule has 0 amide bonds. The van der Waals surface area contributed by atoms with Crippen LogP contribution in [0.1, 0.15) is 48.8 Å². The quantitative estimate of drug-likeness (QED) is 0.752. The highest BCUT2D eigenvalue weighted by Gasteiger charge is 2.16. The van der Waals surface area contributed by atoms with E-state index >= 15 is 0 Å². The lowest BCUT2D eigenvalue weighted by Gasteiger charge is -2.18. The van der Waals surface area contributed by atoms with Gasteiger partial charge in [0.15, 0.2) is 0 Å². The molecule has 3 aromatic rings. The van der Waals surface area contributed by atoms with Crippen LogP contribution in [-0.2, 0) is 0 Å². The summed E-state index contributed by atoms with van der Waals surface area (Å²) in [5, 5.41) is 20.4. The van der Waals surface area contributed by atoms with Crippen molar-refractivity contribution in [2.75, 3.05) is 0 Å². The standard InChI is InChI=1S/C20H20N4O/c1-13(22-14(2)20-24-23-15(3)25-20)17-7-9-18(10-8-17)19-6-4-5-16(11-19)12-21/h4-11,13-14,22H,1-3H3. The predicted octanol–water partition coefficient (Wildman–Crippen LogP) is 4.33. The highest BCUT2D eigenvalue weighted by molar-refractivity contribution is 5.65. The second-order valence-corrected chi connectivity index (χ2v) is 6.08. The minimum Gasteiger partial charge on any atom is -0.424 e. The van der Waals surface area contributed by atoms with Crippen molar-refractivity contribution >= 4 is 0 Å². The maximum absolute atomic E-state index is 9.03. The van der Waals surface area contributed by atoms with E-state index in [2.05, 4.69) is 52.8 Å². The molecule has 0 saturated carbocycles. The fourth-order valence-electron chi connectivity index (χ4n) is 2.76. The lowest BCUT2D eigenvalue weighted by atomic mass is 10.00. The number of hydrogen-bond acceptors (Lipinski definition) is 5. The molecule has 1 N–H and O–H groups in total. The molecule has 2 atom stereocenters. The van der Waals surface area contributed by atoms with Crippen LogP contribution in [0.4, 0.5) is 0 Å². The van der Waals surface area contributed by atoms with Crippen LogP contribution >= 0.6 is 0 Å². The number of aromatic nitrogens is 2. The van der Waals surface area contributed by atoms with Gasteiger partial charge in [-0.3, -0.25) is 5.32 Å². The Morgan fingerprint density at radius 3 is 2.40 bits per heavy atom. The van der Waals surface area contributed by atoms with Gasteiger partial charge >= 0.3 is 0 Å². The van der Waals surface area contributed by atoms with Crippen LogP contribution in [0.25, 0.3) is 11.1 Å². The molecule has 5 heteroatoms. The third kappa shape index (κ3) is 3.93. The van der Waals surface area contributed by atoms with Gasteiger partial charge < -0.3 is 4.42 Å². The first-order valence-corrected chi connectivity index (χ1v) is 8.23. The van der Waals surface area contributed by atoms with Gasteiger partial charge in [-0.05, 0) is 42.7 Å². The van der Waals surface area contributed by atoms with E-state index < -0.39 is 0 Å². The number of nitrogens with zero attached hydrogens (tertiary/aromatic N) is 3. The normalized spacial score (nSPS) is 13.2. The van der Waals surface area contributed by atoms with E-state index in [0.717, 1.165) is 11.1 Å². The molecule has 0 aliphatic rings. The summed E-state index contributed by atoms with van der Waals surface area (Å²) in [5.74, 6) is 1.16. The molecule has 2 unspecified atom stereocenters. The number of nitriles is 1. The Labute approximate surface area is 147 Å². The Morgan fingerprint density at radius 2 is 1.76 bits per heavy atom. The van der Waals surface area contributed by atoms with Crippen LogP contribution < -0.4 is 5.32 Å². The van der Waals surface area contributed by atoms with E-state index in [1.54, 1.807) is 6.92 Å². The maximum atomic E-state index is 9.03. The van der Waals surface area contributed by atoms with Crippen molar-refractivity contribution in [1.82, 2.24) is 15.5 Å². The smallest absolute Gasteiger partial charge is 0.233 e. The third-order valence-corrected chi connectivity index (χ3v) is 4.15. The van der Waals surface area contributed by atoms with Gasteiger partial charge in [0.05, 0.1) is 17.7 Å². The van der Waals surface area contributed by atoms with E-state index in [-0.39, 0.29) is 12.1 Å². The molecule has 25 heavy (non-hydrogen) atoms. The first-order valence-electron chi connectivity index (χ1n) is 8.23. The topological polar surface area (TPSA) is 74.7 Å².